The van der Waals surface area contributed by atoms with Gasteiger partial charge in [-0.2, -0.15) is 5.10 Å². The van der Waals surface area contributed by atoms with Gasteiger partial charge in [-0.15, -0.1) is 0 Å². The summed E-state index contributed by atoms with van der Waals surface area (Å²) in [6, 6.07) is -0.262. The predicted octanol–water partition coefficient (Wildman–Crippen LogP) is 0.147. The van der Waals surface area contributed by atoms with Crippen molar-refractivity contribution in [3.8, 4) is 0 Å². The molecule has 0 fully saturated rings. The zero-order chi connectivity index (χ0) is 14.1. The first kappa shape index (κ1) is 14.9. The van der Waals surface area contributed by atoms with Crippen molar-refractivity contribution in [3.63, 3.8) is 0 Å². The van der Waals surface area contributed by atoms with Crippen LogP contribution < -0.4 is 10.6 Å². The fourth-order valence-electron chi connectivity index (χ4n) is 1.44. The molecular weight excluding hydrogens is 250 g/mol. The highest BCUT2D eigenvalue weighted by molar-refractivity contribution is 5.73. The number of aromatic nitrogens is 3. The van der Waals surface area contributed by atoms with Gasteiger partial charge in [0.1, 0.15) is 12.2 Å². The molecule has 0 aliphatic rings. The van der Waals surface area contributed by atoms with Crippen LogP contribution in [0.2, 0.25) is 0 Å². The normalized spacial score (nSPS) is 11.8. The minimum absolute atomic E-state index is 0.262. The molecular formula is C11H19N5O3. The molecule has 0 aromatic carbocycles. The lowest BCUT2D eigenvalue weighted by Gasteiger charge is -2.08. The van der Waals surface area contributed by atoms with E-state index in [1.165, 1.54) is 6.33 Å². The highest BCUT2D eigenvalue weighted by Gasteiger charge is 2.09. The minimum atomic E-state index is -0.809. The number of urea groups is 1. The van der Waals surface area contributed by atoms with Crippen molar-refractivity contribution >= 4 is 12.0 Å². The standard InChI is InChI=1S/C11H19N5O3/c1-8(10(17)18)3-2-5-12-11(19)13-6-4-9-14-7-15-16-9/h7-8H,2-6H2,1H3,(H,17,18)(H2,12,13,19)(H,14,15,16). The third-order valence-electron chi connectivity index (χ3n) is 2.63. The second kappa shape index (κ2) is 8.06. The van der Waals surface area contributed by atoms with Crippen molar-refractivity contribution in [3.05, 3.63) is 12.2 Å². The van der Waals surface area contributed by atoms with Crippen LogP contribution in [0.3, 0.4) is 0 Å². The Balaban J connectivity index is 2.00. The number of aromatic amines is 1. The van der Waals surface area contributed by atoms with Crippen molar-refractivity contribution in [1.29, 1.82) is 0 Å². The number of carboxylic acids is 1. The zero-order valence-electron chi connectivity index (χ0n) is 10.8. The quantitative estimate of drug-likeness (QED) is 0.501. The van der Waals surface area contributed by atoms with E-state index in [1.54, 1.807) is 6.92 Å². The Morgan fingerprint density at radius 3 is 2.79 bits per heavy atom. The number of nitrogens with zero attached hydrogens (tertiary/aromatic N) is 2. The van der Waals surface area contributed by atoms with E-state index in [0.29, 0.717) is 32.4 Å². The van der Waals surface area contributed by atoms with Crippen LogP contribution in [0.5, 0.6) is 0 Å². The topological polar surface area (TPSA) is 120 Å². The number of H-pyrrole nitrogens is 1. The summed E-state index contributed by atoms with van der Waals surface area (Å²) in [7, 11) is 0. The maximum Gasteiger partial charge on any atom is 0.314 e. The molecule has 1 unspecified atom stereocenters. The largest absolute Gasteiger partial charge is 0.481 e. The average Bonchev–Trinajstić information content (AvgIpc) is 2.87. The zero-order valence-corrected chi connectivity index (χ0v) is 10.8. The average molecular weight is 269 g/mol. The maximum atomic E-state index is 11.4. The number of hydrogen-bond donors (Lipinski definition) is 4. The van der Waals surface area contributed by atoms with Gasteiger partial charge < -0.3 is 15.7 Å². The molecule has 1 aromatic rings. The summed E-state index contributed by atoms with van der Waals surface area (Å²) in [5.74, 6) is -0.469. The van der Waals surface area contributed by atoms with E-state index in [9.17, 15) is 9.59 Å². The first-order valence-corrected chi connectivity index (χ1v) is 6.18. The van der Waals surface area contributed by atoms with E-state index in [2.05, 4.69) is 25.8 Å². The monoisotopic (exact) mass is 269 g/mol. The van der Waals surface area contributed by atoms with Gasteiger partial charge in [0.15, 0.2) is 0 Å². The molecule has 8 nitrogen and oxygen atoms in total. The van der Waals surface area contributed by atoms with Crippen molar-refractivity contribution in [2.45, 2.75) is 26.2 Å². The van der Waals surface area contributed by atoms with E-state index in [4.69, 9.17) is 5.11 Å². The van der Waals surface area contributed by atoms with Crippen LogP contribution in [0.15, 0.2) is 6.33 Å². The molecule has 0 aliphatic heterocycles. The Hall–Kier alpha value is -2.12. The number of aliphatic carboxylic acids is 1. The molecule has 0 radical (unpaired) electrons. The molecule has 0 aliphatic carbocycles. The van der Waals surface area contributed by atoms with Crippen LogP contribution >= 0.6 is 0 Å². The maximum absolute atomic E-state index is 11.4. The minimum Gasteiger partial charge on any atom is -0.481 e. The third kappa shape index (κ3) is 6.39. The summed E-state index contributed by atoms with van der Waals surface area (Å²) in [6.07, 6.45) is 3.19. The molecule has 1 heterocycles. The SMILES string of the molecule is CC(CCCNC(=O)NCCc1ncn[nH]1)C(=O)O. The molecule has 0 saturated carbocycles. The molecule has 19 heavy (non-hydrogen) atoms. The fraction of sp³-hybridized carbons (Fsp3) is 0.636. The number of carbonyl (C=O) groups excluding carboxylic acids is 1. The molecule has 1 atom stereocenters. The third-order valence-corrected chi connectivity index (χ3v) is 2.63. The van der Waals surface area contributed by atoms with Crippen LogP contribution in [0, 0.1) is 5.92 Å². The molecule has 4 N–H and O–H groups in total. The number of rotatable bonds is 8. The molecule has 0 bridgehead atoms. The number of hydrogen-bond acceptors (Lipinski definition) is 4. The van der Waals surface area contributed by atoms with Gasteiger partial charge in [0.2, 0.25) is 0 Å². The molecule has 2 amide bonds. The van der Waals surface area contributed by atoms with Gasteiger partial charge in [0, 0.05) is 19.5 Å². The molecule has 0 spiro atoms. The highest BCUT2D eigenvalue weighted by Crippen LogP contribution is 2.03. The Morgan fingerprint density at radius 2 is 2.16 bits per heavy atom. The number of nitrogens with one attached hydrogen (secondary N) is 3. The molecule has 0 saturated heterocycles. The van der Waals surface area contributed by atoms with Gasteiger partial charge >= 0.3 is 12.0 Å². The van der Waals surface area contributed by atoms with Gasteiger partial charge in [0.25, 0.3) is 0 Å². The number of carboxylic acid groups (broad SMARTS) is 1. The van der Waals surface area contributed by atoms with E-state index in [-0.39, 0.29) is 11.9 Å². The lowest BCUT2D eigenvalue weighted by molar-refractivity contribution is -0.141. The predicted molar refractivity (Wildman–Crippen MR) is 67.5 cm³/mol. The summed E-state index contributed by atoms with van der Waals surface area (Å²) in [6.45, 7) is 2.58. The van der Waals surface area contributed by atoms with Crippen molar-refractivity contribution in [2.75, 3.05) is 13.1 Å². The van der Waals surface area contributed by atoms with Crippen molar-refractivity contribution < 1.29 is 14.7 Å². The summed E-state index contributed by atoms with van der Waals surface area (Å²) in [5.41, 5.74) is 0. The molecule has 106 valence electrons. The lowest BCUT2D eigenvalue weighted by Crippen LogP contribution is -2.37. The molecule has 8 heteroatoms. The van der Waals surface area contributed by atoms with Crippen molar-refractivity contribution in [1.82, 2.24) is 25.8 Å². The number of amides is 2. The Morgan fingerprint density at radius 1 is 1.42 bits per heavy atom. The number of carbonyl (C=O) groups is 2. The Bertz CT molecular complexity index is 393. The smallest absolute Gasteiger partial charge is 0.314 e. The van der Waals surface area contributed by atoms with E-state index in [1.807, 2.05) is 0 Å². The first-order chi connectivity index (χ1) is 9.09. The van der Waals surface area contributed by atoms with Gasteiger partial charge in [-0.1, -0.05) is 6.92 Å². The molecule has 1 rings (SSSR count). The van der Waals surface area contributed by atoms with Gasteiger partial charge in [-0.05, 0) is 12.8 Å². The van der Waals surface area contributed by atoms with Crippen LogP contribution in [0.4, 0.5) is 4.79 Å². The summed E-state index contributed by atoms with van der Waals surface area (Å²) in [4.78, 5) is 25.9. The van der Waals surface area contributed by atoms with Gasteiger partial charge in [-0.3, -0.25) is 9.89 Å². The van der Waals surface area contributed by atoms with Gasteiger partial charge in [0.05, 0.1) is 5.92 Å². The highest BCUT2D eigenvalue weighted by atomic mass is 16.4. The molecule has 1 aromatic heterocycles. The van der Waals surface area contributed by atoms with Crippen LogP contribution in [0.25, 0.3) is 0 Å². The van der Waals surface area contributed by atoms with E-state index < -0.39 is 5.97 Å². The second-order valence-electron chi connectivity index (χ2n) is 4.25. The fourth-order valence-corrected chi connectivity index (χ4v) is 1.44. The second-order valence-corrected chi connectivity index (χ2v) is 4.25. The van der Waals surface area contributed by atoms with E-state index >= 15 is 0 Å². The summed E-state index contributed by atoms with van der Waals surface area (Å²) in [5, 5.41) is 20.4. The van der Waals surface area contributed by atoms with Crippen molar-refractivity contribution in [2.24, 2.45) is 5.92 Å². The first-order valence-electron chi connectivity index (χ1n) is 6.18. The Kier molecular flexibility index (Phi) is 6.34. The Labute approximate surface area is 111 Å². The summed E-state index contributed by atoms with van der Waals surface area (Å²) < 4.78 is 0. The summed E-state index contributed by atoms with van der Waals surface area (Å²) >= 11 is 0. The van der Waals surface area contributed by atoms with Gasteiger partial charge in [-0.25, -0.2) is 9.78 Å². The van der Waals surface area contributed by atoms with Crippen LogP contribution in [-0.4, -0.2) is 45.4 Å². The van der Waals surface area contributed by atoms with E-state index in [0.717, 1.165) is 5.82 Å². The lowest BCUT2D eigenvalue weighted by atomic mass is 10.1. The van der Waals surface area contributed by atoms with Crippen LogP contribution in [0.1, 0.15) is 25.6 Å². The van der Waals surface area contributed by atoms with Crippen LogP contribution in [-0.2, 0) is 11.2 Å².